The molecule has 7 heteroatoms. The van der Waals surface area contributed by atoms with Gasteiger partial charge in [-0.1, -0.05) is 12.1 Å². The van der Waals surface area contributed by atoms with Crippen LogP contribution in [0.2, 0.25) is 0 Å². The zero-order valence-corrected chi connectivity index (χ0v) is 17.7. The molecule has 0 bridgehead atoms. The third kappa shape index (κ3) is 4.62. The Labute approximate surface area is 176 Å². The van der Waals surface area contributed by atoms with E-state index < -0.39 is 11.9 Å². The van der Waals surface area contributed by atoms with Crippen molar-refractivity contribution in [2.45, 2.75) is 27.2 Å². The van der Waals surface area contributed by atoms with Gasteiger partial charge in [-0.3, -0.25) is 9.59 Å². The quantitative estimate of drug-likeness (QED) is 0.740. The summed E-state index contributed by atoms with van der Waals surface area (Å²) >= 11 is 0. The number of ether oxygens (including phenoxy) is 2. The molecule has 1 aliphatic rings. The Balaban J connectivity index is 1.66. The molecule has 0 aromatic heterocycles. The van der Waals surface area contributed by atoms with Gasteiger partial charge in [-0.25, -0.2) is 4.79 Å². The van der Waals surface area contributed by atoms with Gasteiger partial charge in [0.05, 0.1) is 13.0 Å². The van der Waals surface area contributed by atoms with E-state index in [0.29, 0.717) is 18.0 Å². The topological polar surface area (TPSA) is 84.9 Å². The van der Waals surface area contributed by atoms with E-state index >= 15 is 0 Å². The Bertz CT molecular complexity index is 986. The predicted molar refractivity (Wildman–Crippen MR) is 114 cm³/mol. The van der Waals surface area contributed by atoms with Gasteiger partial charge in [0.2, 0.25) is 11.8 Å². The van der Waals surface area contributed by atoms with Crippen LogP contribution in [0.1, 0.15) is 23.1 Å². The molecule has 1 fully saturated rings. The number of nitrogens with one attached hydrogen (secondary N) is 1. The maximum atomic E-state index is 12.8. The Hall–Kier alpha value is -3.35. The molecule has 2 aromatic rings. The highest BCUT2D eigenvalue weighted by molar-refractivity contribution is 6.04. The molecule has 0 spiro atoms. The van der Waals surface area contributed by atoms with Crippen LogP contribution in [0.3, 0.4) is 0 Å². The summed E-state index contributed by atoms with van der Waals surface area (Å²) < 4.78 is 9.90. The molecule has 0 saturated carbocycles. The predicted octanol–water partition coefficient (Wildman–Crippen LogP) is 3.16. The molecule has 30 heavy (non-hydrogen) atoms. The van der Waals surface area contributed by atoms with Crippen molar-refractivity contribution in [3.63, 3.8) is 0 Å². The van der Waals surface area contributed by atoms with Crippen molar-refractivity contribution in [3.05, 3.63) is 53.1 Å². The van der Waals surface area contributed by atoms with Crippen molar-refractivity contribution in [1.82, 2.24) is 0 Å². The molecule has 2 aromatic carbocycles. The molecular weight excluding hydrogens is 384 g/mol. The minimum Gasteiger partial charge on any atom is -0.482 e. The summed E-state index contributed by atoms with van der Waals surface area (Å²) in [5.74, 6) is -0.626. The van der Waals surface area contributed by atoms with E-state index in [1.807, 2.05) is 39.0 Å². The van der Waals surface area contributed by atoms with Crippen molar-refractivity contribution in [2.75, 3.05) is 30.5 Å². The van der Waals surface area contributed by atoms with Crippen LogP contribution in [0.25, 0.3) is 0 Å². The molecule has 158 valence electrons. The van der Waals surface area contributed by atoms with Crippen LogP contribution in [0.5, 0.6) is 5.75 Å². The number of amides is 2. The second-order valence-corrected chi connectivity index (χ2v) is 7.46. The number of hydrogen-bond acceptors (Lipinski definition) is 5. The molecule has 1 saturated heterocycles. The highest BCUT2D eigenvalue weighted by Gasteiger charge is 2.35. The summed E-state index contributed by atoms with van der Waals surface area (Å²) in [5.41, 5.74) is 4.45. The van der Waals surface area contributed by atoms with Gasteiger partial charge >= 0.3 is 5.97 Å². The maximum Gasteiger partial charge on any atom is 0.343 e. The number of nitrogens with zero attached hydrogens (tertiary/aromatic N) is 1. The highest BCUT2D eigenvalue weighted by atomic mass is 16.6. The van der Waals surface area contributed by atoms with Crippen molar-refractivity contribution in [1.29, 1.82) is 0 Å². The van der Waals surface area contributed by atoms with Crippen molar-refractivity contribution < 1.29 is 23.9 Å². The number of hydrogen-bond donors (Lipinski definition) is 1. The number of benzene rings is 2. The van der Waals surface area contributed by atoms with Gasteiger partial charge in [0, 0.05) is 24.3 Å². The second kappa shape index (κ2) is 8.98. The molecule has 1 atom stereocenters. The minimum absolute atomic E-state index is 0.0490. The number of anilines is 2. The average molecular weight is 410 g/mol. The lowest BCUT2D eigenvalue weighted by Crippen LogP contribution is -2.28. The lowest BCUT2D eigenvalue weighted by molar-refractivity contribution is -0.142. The van der Waals surface area contributed by atoms with Crippen LogP contribution in [0.4, 0.5) is 11.4 Å². The van der Waals surface area contributed by atoms with E-state index in [2.05, 4.69) is 10.1 Å². The lowest BCUT2D eigenvalue weighted by Gasteiger charge is -2.20. The van der Waals surface area contributed by atoms with E-state index in [4.69, 9.17) is 4.74 Å². The summed E-state index contributed by atoms with van der Waals surface area (Å²) in [7, 11) is 1.30. The number of methoxy groups -OCH3 is 1. The Kier molecular flexibility index (Phi) is 6.40. The van der Waals surface area contributed by atoms with Crippen LogP contribution in [-0.4, -0.2) is 38.0 Å². The normalized spacial score (nSPS) is 15.8. The smallest absolute Gasteiger partial charge is 0.343 e. The van der Waals surface area contributed by atoms with E-state index in [-0.39, 0.29) is 24.8 Å². The monoisotopic (exact) mass is 410 g/mol. The van der Waals surface area contributed by atoms with Crippen molar-refractivity contribution >= 4 is 29.2 Å². The molecule has 1 heterocycles. The molecule has 0 radical (unpaired) electrons. The zero-order valence-electron chi connectivity index (χ0n) is 17.7. The first-order valence-corrected chi connectivity index (χ1v) is 9.78. The lowest BCUT2D eigenvalue weighted by atomic mass is 10.1. The van der Waals surface area contributed by atoms with Gasteiger partial charge in [-0.2, -0.15) is 0 Å². The number of carbonyl (C=O) groups is 3. The minimum atomic E-state index is -0.468. The van der Waals surface area contributed by atoms with Gasteiger partial charge in [0.25, 0.3) is 0 Å². The average Bonchev–Trinajstić information content (AvgIpc) is 3.11. The Morgan fingerprint density at radius 3 is 2.60 bits per heavy atom. The molecule has 0 aliphatic carbocycles. The van der Waals surface area contributed by atoms with Gasteiger partial charge in [-0.05, 0) is 61.7 Å². The molecule has 1 N–H and O–H groups in total. The summed E-state index contributed by atoms with van der Waals surface area (Å²) in [5, 5.41) is 2.91. The first-order chi connectivity index (χ1) is 14.3. The molecule has 2 amide bonds. The van der Waals surface area contributed by atoms with E-state index in [9.17, 15) is 14.4 Å². The number of rotatable bonds is 6. The highest BCUT2D eigenvalue weighted by Crippen LogP contribution is 2.30. The number of aryl methyl sites for hydroxylation is 2. The maximum absolute atomic E-state index is 12.8. The van der Waals surface area contributed by atoms with Gasteiger partial charge < -0.3 is 19.7 Å². The number of esters is 1. The molecule has 1 aliphatic heterocycles. The summed E-state index contributed by atoms with van der Waals surface area (Å²) in [6.07, 6.45) is 0.179. The Morgan fingerprint density at radius 2 is 1.90 bits per heavy atom. The molecule has 1 unspecified atom stereocenters. The molecular formula is C23H26N2O5. The van der Waals surface area contributed by atoms with Gasteiger partial charge in [-0.15, -0.1) is 0 Å². The fourth-order valence-electron chi connectivity index (χ4n) is 3.45. The fraction of sp³-hybridized carbons (Fsp3) is 0.348. The van der Waals surface area contributed by atoms with Crippen LogP contribution in [0, 0.1) is 26.7 Å². The first kappa shape index (κ1) is 21.4. The van der Waals surface area contributed by atoms with Crippen LogP contribution >= 0.6 is 0 Å². The SMILES string of the molecule is COC(=O)COc1ccc(NC(=O)C2CC(=O)N(c3cccc(C)c3C)C2)c(C)c1. The summed E-state index contributed by atoms with van der Waals surface area (Å²) in [4.78, 5) is 38.2. The summed E-state index contributed by atoms with van der Waals surface area (Å²) in [6.45, 7) is 6.00. The first-order valence-electron chi connectivity index (χ1n) is 9.78. The van der Waals surface area contributed by atoms with Crippen molar-refractivity contribution in [2.24, 2.45) is 5.92 Å². The van der Waals surface area contributed by atoms with E-state index in [1.54, 1.807) is 23.1 Å². The van der Waals surface area contributed by atoms with Gasteiger partial charge in [0.15, 0.2) is 6.61 Å². The van der Waals surface area contributed by atoms with Crippen LogP contribution < -0.4 is 15.0 Å². The van der Waals surface area contributed by atoms with Crippen LogP contribution in [-0.2, 0) is 19.1 Å². The third-order valence-corrected chi connectivity index (χ3v) is 5.40. The molecule has 3 rings (SSSR count). The van der Waals surface area contributed by atoms with Crippen molar-refractivity contribution in [3.8, 4) is 5.75 Å². The largest absolute Gasteiger partial charge is 0.482 e. The van der Waals surface area contributed by atoms with E-state index in [1.165, 1.54) is 7.11 Å². The molecule has 7 nitrogen and oxygen atoms in total. The van der Waals surface area contributed by atoms with Crippen LogP contribution in [0.15, 0.2) is 36.4 Å². The standard InChI is InChI=1S/C23H26N2O5/c1-14-6-5-7-20(16(14)3)25-12-17(11-21(25)26)23(28)24-19-9-8-18(10-15(19)2)30-13-22(27)29-4/h5-10,17H,11-13H2,1-4H3,(H,24,28). The third-order valence-electron chi connectivity index (χ3n) is 5.40. The summed E-state index contributed by atoms with van der Waals surface area (Å²) in [6, 6.07) is 11.0. The van der Waals surface area contributed by atoms with E-state index in [0.717, 1.165) is 22.4 Å². The Morgan fingerprint density at radius 1 is 1.13 bits per heavy atom. The fourth-order valence-corrected chi connectivity index (χ4v) is 3.45. The second-order valence-electron chi connectivity index (χ2n) is 7.46. The zero-order chi connectivity index (χ0) is 21.8. The number of carbonyl (C=O) groups excluding carboxylic acids is 3. The van der Waals surface area contributed by atoms with Gasteiger partial charge in [0.1, 0.15) is 5.75 Å².